The van der Waals surface area contributed by atoms with E-state index in [0.29, 0.717) is 18.5 Å². The van der Waals surface area contributed by atoms with E-state index in [1.165, 1.54) is 0 Å². The molecule has 1 atom stereocenters. The molecule has 1 aliphatic heterocycles. The number of carbonyl (C=O) groups is 2. The quantitative estimate of drug-likeness (QED) is 0.800. The number of nitrogens with zero attached hydrogens (tertiary/aromatic N) is 2. The van der Waals surface area contributed by atoms with Crippen molar-refractivity contribution >= 4 is 34.1 Å². The third-order valence-corrected chi connectivity index (χ3v) is 4.44. The number of amides is 2. The van der Waals surface area contributed by atoms with Gasteiger partial charge in [-0.05, 0) is 30.7 Å². The van der Waals surface area contributed by atoms with Crippen LogP contribution in [0.3, 0.4) is 0 Å². The van der Waals surface area contributed by atoms with E-state index in [2.05, 4.69) is 10.3 Å². The fourth-order valence-corrected chi connectivity index (χ4v) is 3.27. The lowest BCUT2D eigenvalue weighted by Gasteiger charge is -2.24. The van der Waals surface area contributed by atoms with Crippen LogP contribution in [-0.4, -0.2) is 22.8 Å². The zero-order valence-corrected chi connectivity index (χ0v) is 13.6. The molecule has 0 aliphatic carbocycles. The number of rotatable bonds is 3. The van der Waals surface area contributed by atoms with Crippen molar-refractivity contribution in [1.29, 1.82) is 0 Å². The van der Waals surface area contributed by atoms with Gasteiger partial charge in [-0.3, -0.25) is 19.5 Å². The van der Waals surface area contributed by atoms with Crippen molar-refractivity contribution < 1.29 is 9.59 Å². The number of fused-ring (bicyclic) bond motifs is 1. The fourth-order valence-electron chi connectivity index (χ4n) is 3.27. The number of hydrogen-bond donors (Lipinski definition) is 1. The van der Waals surface area contributed by atoms with Crippen molar-refractivity contribution in [3.8, 4) is 0 Å². The maximum atomic E-state index is 12.9. The standard InChI is InChI=1S/C20H17N3O2/c24-18-12-11-17(23(18)15-8-2-1-3-9-15)20(25)22-16-10-4-6-14-7-5-13-21-19(14)16/h1-10,13,17H,11-12H2,(H,22,25). The Morgan fingerprint density at radius 2 is 1.84 bits per heavy atom. The smallest absolute Gasteiger partial charge is 0.247 e. The molecule has 1 aromatic heterocycles. The van der Waals surface area contributed by atoms with Gasteiger partial charge in [-0.1, -0.05) is 36.4 Å². The number of nitrogens with one attached hydrogen (secondary N) is 1. The van der Waals surface area contributed by atoms with Crippen LogP contribution in [0.5, 0.6) is 0 Å². The van der Waals surface area contributed by atoms with E-state index in [0.717, 1.165) is 16.6 Å². The molecule has 1 fully saturated rings. The van der Waals surface area contributed by atoms with E-state index < -0.39 is 6.04 Å². The number of anilines is 2. The molecule has 1 unspecified atom stereocenters. The van der Waals surface area contributed by atoms with Crippen LogP contribution in [0.1, 0.15) is 12.8 Å². The second-order valence-corrected chi connectivity index (χ2v) is 6.02. The van der Waals surface area contributed by atoms with Crippen molar-refractivity contribution in [2.75, 3.05) is 10.2 Å². The average Bonchev–Trinajstić information content (AvgIpc) is 3.04. The van der Waals surface area contributed by atoms with E-state index in [-0.39, 0.29) is 11.8 Å². The van der Waals surface area contributed by atoms with Crippen molar-refractivity contribution in [1.82, 2.24) is 4.98 Å². The van der Waals surface area contributed by atoms with Gasteiger partial charge in [0.2, 0.25) is 11.8 Å². The first-order valence-corrected chi connectivity index (χ1v) is 8.26. The second kappa shape index (κ2) is 6.36. The lowest BCUT2D eigenvalue weighted by Crippen LogP contribution is -2.41. The van der Waals surface area contributed by atoms with Crippen LogP contribution in [0.2, 0.25) is 0 Å². The molecular formula is C20H17N3O2. The molecule has 5 nitrogen and oxygen atoms in total. The van der Waals surface area contributed by atoms with Crippen LogP contribution in [0.15, 0.2) is 66.9 Å². The first-order chi connectivity index (χ1) is 12.2. The van der Waals surface area contributed by atoms with Crippen LogP contribution in [0, 0.1) is 0 Å². The van der Waals surface area contributed by atoms with E-state index in [4.69, 9.17) is 0 Å². The van der Waals surface area contributed by atoms with Crippen molar-refractivity contribution in [3.63, 3.8) is 0 Å². The number of para-hydroxylation sites is 2. The topological polar surface area (TPSA) is 62.3 Å². The largest absolute Gasteiger partial charge is 0.322 e. The lowest BCUT2D eigenvalue weighted by molar-refractivity contribution is -0.120. The fraction of sp³-hybridized carbons (Fsp3) is 0.150. The molecule has 2 heterocycles. The molecule has 0 bridgehead atoms. The van der Waals surface area contributed by atoms with E-state index in [1.54, 1.807) is 11.1 Å². The van der Waals surface area contributed by atoms with Gasteiger partial charge in [-0.25, -0.2) is 0 Å². The second-order valence-electron chi connectivity index (χ2n) is 6.02. The SMILES string of the molecule is O=C(Nc1cccc2cccnc12)C1CCC(=O)N1c1ccccc1. The molecule has 0 saturated carbocycles. The number of benzene rings is 2. The minimum Gasteiger partial charge on any atom is -0.322 e. The van der Waals surface area contributed by atoms with Crippen LogP contribution in [-0.2, 0) is 9.59 Å². The third kappa shape index (κ3) is 2.85. The Morgan fingerprint density at radius 3 is 2.68 bits per heavy atom. The first kappa shape index (κ1) is 15.3. The van der Waals surface area contributed by atoms with Gasteiger partial charge < -0.3 is 5.32 Å². The molecule has 1 aliphatic rings. The van der Waals surface area contributed by atoms with Gasteiger partial charge >= 0.3 is 0 Å². The Morgan fingerprint density at radius 1 is 1.04 bits per heavy atom. The Kier molecular flexibility index (Phi) is 3.90. The Bertz CT molecular complexity index is 935. The highest BCUT2D eigenvalue weighted by molar-refractivity contribution is 6.09. The highest BCUT2D eigenvalue weighted by atomic mass is 16.2. The molecule has 0 radical (unpaired) electrons. The molecule has 1 saturated heterocycles. The highest BCUT2D eigenvalue weighted by Crippen LogP contribution is 2.28. The molecule has 2 amide bonds. The van der Waals surface area contributed by atoms with E-state index in [9.17, 15) is 9.59 Å². The molecule has 2 aromatic carbocycles. The molecular weight excluding hydrogens is 314 g/mol. The normalized spacial score (nSPS) is 17.0. The molecule has 0 spiro atoms. The van der Waals surface area contributed by atoms with Gasteiger partial charge in [0.05, 0.1) is 11.2 Å². The predicted molar refractivity (Wildman–Crippen MR) is 97.3 cm³/mol. The summed E-state index contributed by atoms with van der Waals surface area (Å²) in [6, 6.07) is 18.3. The van der Waals surface area contributed by atoms with Gasteiger partial charge in [0, 0.05) is 23.7 Å². The van der Waals surface area contributed by atoms with Gasteiger partial charge in [-0.2, -0.15) is 0 Å². The van der Waals surface area contributed by atoms with Crippen LogP contribution in [0.25, 0.3) is 10.9 Å². The van der Waals surface area contributed by atoms with Gasteiger partial charge in [0.25, 0.3) is 0 Å². The third-order valence-electron chi connectivity index (χ3n) is 4.44. The summed E-state index contributed by atoms with van der Waals surface area (Å²) in [6.07, 6.45) is 2.59. The number of hydrogen-bond acceptors (Lipinski definition) is 3. The monoisotopic (exact) mass is 331 g/mol. The summed E-state index contributed by atoms with van der Waals surface area (Å²) in [5.74, 6) is -0.213. The summed E-state index contributed by atoms with van der Waals surface area (Å²) in [6.45, 7) is 0. The summed E-state index contributed by atoms with van der Waals surface area (Å²) in [7, 11) is 0. The number of carbonyl (C=O) groups excluding carboxylic acids is 2. The average molecular weight is 331 g/mol. The van der Waals surface area contributed by atoms with Crippen molar-refractivity contribution in [3.05, 3.63) is 66.9 Å². The molecule has 25 heavy (non-hydrogen) atoms. The summed E-state index contributed by atoms with van der Waals surface area (Å²) < 4.78 is 0. The number of aromatic nitrogens is 1. The molecule has 3 aromatic rings. The van der Waals surface area contributed by atoms with Crippen LogP contribution >= 0.6 is 0 Å². The van der Waals surface area contributed by atoms with Crippen LogP contribution < -0.4 is 10.2 Å². The summed E-state index contributed by atoms with van der Waals surface area (Å²) >= 11 is 0. The predicted octanol–water partition coefficient (Wildman–Crippen LogP) is 3.37. The molecule has 5 heteroatoms. The summed E-state index contributed by atoms with van der Waals surface area (Å²) in [5.41, 5.74) is 2.16. The van der Waals surface area contributed by atoms with E-state index >= 15 is 0 Å². The number of pyridine rings is 1. The molecule has 4 rings (SSSR count). The maximum absolute atomic E-state index is 12.9. The van der Waals surface area contributed by atoms with E-state index in [1.807, 2.05) is 60.7 Å². The maximum Gasteiger partial charge on any atom is 0.247 e. The zero-order chi connectivity index (χ0) is 17.2. The van der Waals surface area contributed by atoms with Gasteiger partial charge in [0.1, 0.15) is 6.04 Å². The zero-order valence-electron chi connectivity index (χ0n) is 13.6. The lowest BCUT2D eigenvalue weighted by atomic mass is 10.1. The Balaban J connectivity index is 1.63. The summed E-state index contributed by atoms with van der Waals surface area (Å²) in [5, 5.41) is 3.91. The minimum atomic E-state index is -0.506. The van der Waals surface area contributed by atoms with Gasteiger partial charge in [0.15, 0.2) is 0 Å². The Hall–Kier alpha value is -3.21. The molecule has 1 N–H and O–H groups in total. The Labute approximate surface area is 145 Å². The van der Waals surface area contributed by atoms with Crippen molar-refractivity contribution in [2.24, 2.45) is 0 Å². The minimum absolute atomic E-state index is 0.0256. The molecule has 124 valence electrons. The first-order valence-electron chi connectivity index (χ1n) is 8.26. The van der Waals surface area contributed by atoms with Crippen molar-refractivity contribution in [2.45, 2.75) is 18.9 Å². The van der Waals surface area contributed by atoms with Gasteiger partial charge in [-0.15, -0.1) is 0 Å². The summed E-state index contributed by atoms with van der Waals surface area (Å²) in [4.78, 5) is 31.1. The van der Waals surface area contributed by atoms with Crippen LogP contribution in [0.4, 0.5) is 11.4 Å². The highest BCUT2D eigenvalue weighted by Gasteiger charge is 2.37.